The molecule has 0 unspecified atom stereocenters. The molecular weight excluding hydrogens is 296 g/mol. The van der Waals surface area contributed by atoms with Gasteiger partial charge in [-0.05, 0) is 12.8 Å². The molecule has 2 aromatic heterocycles. The highest BCUT2D eigenvalue weighted by atomic mass is 32.2. The lowest BCUT2D eigenvalue weighted by atomic mass is 10.3. The summed E-state index contributed by atoms with van der Waals surface area (Å²) in [5.74, 6) is 0.728. The van der Waals surface area contributed by atoms with Crippen LogP contribution in [0.1, 0.15) is 18.7 Å². The maximum atomic E-state index is 12.0. The zero-order chi connectivity index (χ0) is 15.1. The fraction of sp³-hybridized carbons (Fsp3) is 0.545. The molecule has 0 spiro atoms. The van der Waals surface area contributed by atoms with Gasteiger partial charge in [-0.1, -0.05) is 0 Å². The van der Waals surface area contributed by atoms with Gasteiger partial charge in [0.2, 0.25) is 10.0 Å². The number of hydrogen-bond donors (Lipinski definition) is 3. The van der Waals surface area contributed by atoms with Gasteiger partial charge in [0.15, 0.2) is 0 Å². The van der Waals surface area contributed by atoms with Gasteiger partial charge in [0, 0.05) is 32.3 Å². The van der Waals surface area contributed by atoms with E-state index < -0.39 is 10.0 Å². The highest BCUT2D eigenvalue weighted by Gasteiger charge is 2.15. The SMILES string of the molecule is O=S(=O)(NCCCc1ncn[nH]1)c1cnn(CCCO)c1. The summed E-state index contributed by atoms with van der Waals surface area (Å²) in [6.07, 6.45) is 5.95. The fourth-order valence-corrected chi connectivity index (χ4v) is 2.76. The molecule has 116 valence electrons. The predicted octanol–water partition coefficient (Wildman–Crippen LogP) is -0.705. The number of aryl methyl sites for hydroxylation is 2. The number of aliphatic hydroxyl groups excluding tert-OH is 1. The summed E-state index contributed by atoms with van der Waals surface area (Å²) in [4.78, 5) is 4.09. The molecule has 2 rings (SSSR count). The molecule has 21 heavy (non-hydrogen) atoms. The van der Waals surface area contributed by atoms with Crippen molar-refractivity contribution in [2.24, 2.45) is 0 Å². The summed E-state index contributed by atoms with van der Waals surface area (Å²) in [6.45, 7) is 0.837. The van der Waals surface area contributed by atoms with E-state index in [0.29, 0.717) is 32.4 Å². The van der Waals surface area contributed by atoms with Crippen LogP contribution in [-0.4, -0.2) is 51.6 Å². The maximum absolute atomic E-state index is 12.0. The summed E-state index contributed by atoms with van der Waals surface area (Å²) in [7, 11) is -3.55. The quantitative estimate of drug-likeness (QED) is 0.525. The lowest BCUT2D eigenvalue weighted by molar-refractivity contribution is 0.277. The fourth-order valence-electron chi connectivity index (χ4n) is 1.74. The molecule has 0 bridgehead atoms. The summed E-state index contributed by atoms with van der Waals surface area (Å²) in [6, 6.07) is 0. The van der Waals surface area contributed by atoms with Crippen molar-refractivity contribution in [2.75, 3.05) is 13.2 Å². The Morgan fingerprint density at radius 3 is 2.95 bits per heavy atom. The normalized spacial score (nSPS) is 11.9. The standard InChI is InChI=1S/C11H18N6O3S/c18-6-2-5-17-8-10(7-14-17)21(19,20)15-4-1-3-11-12-9-13-16-11/h7-9,15,18H,1-6H2,(H,12,13,16). The Morgan fingerprint density at radius 2 is 2.24 bits per heavy atom. The van der Waals surface area contributed by atoms with E-state index in [9.17, 15) is 8.42 Å². The zero-order valence-electron chi connectivity index (χ0n) is 11.4. The van der Waals surface area contributed by atoms with Crippen molar-refractivity contribution < 1.29 is 13.5 Å². The van der Waals surface area contributed by atoms with E-state index in [1.165, 1.54) is 23.4 Å². The summed E-state index contributed by atoms with van der Waals surface area (Å²) in [5, 5.41) is 19.1. The van der Waals surface area contributed by atoms with Gasteiger partial charge < -0.3 is 5.11 Å². The van der Waals surface area contributed by atoms with E-state index in [0.717, 1.165) is 5.82 Å². The number of aromatic amines is 1. The Bertz CT molecular complexity index is 637. The molecule has 0 aliphatic heterocycles. The second kappa shape index (κ2) is 7.29. The van der Waals surface area contributed by atoms with Crippen molar-refractivity contribution in [3.05, 3.63) is 24.5 Å². The van der Waals surface area contributed by atoms with Crippen LogP contribution >= 0.6 is 0 Å². The Labute approximate surface area is 122 Å². The number of nitrogens with one attached hydrogen (secondary N) is 2. The Hall–Kier alpha value is -1.78. The summed E-state index contributed by atoms with van der Waals surface area (Å²) >= 11 is 0. The third-order valence-corrected chi connectivity index (χ3v) is 4.23. The third kappa shape index (κ3) is 4.62. The average molecular weight is 314 g/mol. The smallest absolute Gasteiger partial charge is 0.243 e. The van der Waals surface area contributed by atoms with Crippen LogP contribution in [0.3, 0.4) is 0 Å². The van der Waals surface area contributed by atoms with E-state index in [-0.39, 0.29) is 11.5 Å². The van der Waals surface area contributed by atoms with Crippen LogP contribution in [0.4, 0.5) is 0 Å². The van der Waals surface area contributed by atoms with Gasteiger partial charge in [0.05, 0.1) is 6.20 Å². The first-order valence-electron chi connectivity index (χ1n) is 6.59. The third-order valence-electron chi connectivity index (χ3n) is 2.81. The second-order valence-electron chi connectivity index (χ2n) is 4.45. The van der Waals surface area contributed by atoms with Crippen LogP contribution in [-0.2, 0) is 23.0 Å². The Balaban J connectivity index is 1.82. The van der Waals surface area contributed by atoms with E-state index in [2.05, 4.69) is 25.0 Å². The van der Waals surface area contributed by atoms with Crippen LogP contribution in [0.25, 0.3) is 0 Å². The lowest BCUT2D eigenvalue weighted by Crippen LogP contribution is -2.25. The minimum Gasteiger partial charge on any atom is -0.396 e. The largest absolute Gasteiger partial charge is 0.396 e. The number of rotatable bonds is 9. The second-order valence-corrected chi connectivity index (χ2v) is 6.22. The molecule has 9 nitrogen and oxygen atoms in total. The van der Waals surface area contributed by atoms with Crippen molar-refractivity contribution in [3.8, 4) is 0 Å². The number of nitrogens with zero attached hydrogens (tertiary/aromatic N) is 4. The van der Waals surface area contributed by atoms with E-state index >= 15 is 0 Å². The molecule has 0 aliphatic carbocycles. The van der Waals surface area contributed by atoms with Gasteiger partial charge in [-0.25, -0.2) is 18.1 Å². The monoisotopic (exact) mass is 314 g/mol. The molecule has 2 aromatic rings. The van der Waals surface area contributed by atoms with Crippen molar-refractivity contribution in [1.82, 2.24) is 29.7 Å². The predicted molar refractivity (Wildman–Crippen MR) is 73.8 cm³/mol. The van der Waals surface area contributed by atoms with Crippen LogP contribution in [0.2, 0.25) is 0 Å². The molecule has 0 saturated heterocycles. The van der Waals surface area contributed by atoms with Gasteiger partial charge in [0.1, 0.15) is 17.0 Å². The molecule has 0 amide bonds. The molecular formula is C11H18N6O3S. The molecule has 3 N–H and O–H groups in total. The van der Waals surface area contributed by atoms with Crippen molar-refractivity contribution in [1.29, 1.82) is 0 Å². The highest BCUT2D eigenvalue weighted by Crippen LogP contribution is 2.07. The minimum atomic E-state index is -3.55. The van der Waals surface area contributed by atoms with E-state index in [4.69, 9.17) is 5.11 Å². The highest BCUT2D eigenvalue weighted by molar-refractivity contribution is 7.89. The van der Waals surface area contributed by atoms with Crippen molar-refractivity contribution >= 4 is 10.0 Å². The maximum Gasteiger partial charge on any atom is 0.243 e. The lowest BCUT2D eigenvalue weighted by Gasteiger charge is -2.03. The zero-order valence-corrected chi connectivity index (χ0v) is 12.3. The first-order chi connectivity index (χ1) is 10.1. The van der Waals surface area contributed by atoms with Crippen LogP contribution in [0.15, 0.2) is 23.6 Å². The van der Waals surface area contributed by atoms with Crippen molar-refractivity contribution in [3.63, 3.8) is 0 Å². The summed E-state index contributed by atoms with van der Waals surface area (Å²) in [5.41, 5.74) is 0. The summed E-state index contributed by atoms with van der Waals surface area (Å²) < 4.78 is 28.1. The number of hydrogen-bond acceptors (Lipinski definition) is 6. The number of sulfonamides is 1. The Morgan fingerprint density at radius 1 is 1.38 bits per heavy atom. The van der Waals surface area contributed by atoms with Crippen LogP contribution < -0.4 is 4.72 Å². The molecule has 0 aliphatic rings. The number of aliphatic hydroxyl groups is 1. The van der Waals surface area contributed by atoms with Gasteiger partial charge >= 0.3 is 0 Å². The molecule has 0 fully saturated rings. The van der Waals surface area contributed by atoms with E-state index in [1.807, 2.05) is 0 Å². The van der Waals surface area contributed by atoms with Crippen molar-refractivity contribution in [2.45, 2.75) is 30.7 Å². The van der Waals surface area contributed by atoms with Gasteiger partial charge in [-0.15, -0.1) is 0 Å². The molecule has 0 radical (unpaired) electrons. The average Bonchev–Trinajstić information content (AvgIpc) is 3.13. The minimum absolute atomic E-state index is 0.0435. The topological polar surface area (TPSA) is 126 Å². The number of aromatic nitrogens is 5. The van der Waals surface area contributed by atoms with E-state index in [1.54, 1.807) is 0 Å². The van der Waals surface area contributed by atoms with Crippen LogP contribution in [0, 0.1) is 0 Å². The Kier molecular flexibility index (Phi) is 5.42. The number of H-pyrrole nitrogens is 1. The first kappa shape index (κ1) is 15.6. The molecule has 0 saturated carbocycles. The molecule has 2 heterocycles. The first-order valence-corrected chi connectivity index (χ1v) is 8.07. The molecule has 0 aromatic carbocycles. The van der Waals surface area contributed by atoms with Gasteiger partial charge in [0.25, 0.3) is 0 Å². The molecule has 10 heteroatoms. The van der Waals surface area contributed by atoms with Crippen LogP contribution in [0.5, 0.6) is 0 Å². The molecule has 0 atom stereocenters. The van der Waals surface area contributed by atoms with Gasteiger partial charge in [-0.2, -0.15) is 10.2 Å². The van der Waals surface area contributed by atoms with Gasteiger partial charge in [-0.3, -0.25) is 9.78 Å².